The number of carboxylic acids is 1. The van der Waals surface area contributed by atoms with Gasteiger partial charge in [0.15, 0.2) is 5.78 Å². The molecule has 0 spiro atoms. The predicted molar refractivity (Wildman–Crippen MR) is 136 cm³/mol. The van der Waals surface area contributed by atoms with E-state index in [1.807, 2.05) is 6.92 Å². The Morgan fingerprint density at radius 1 is 0.794 bits per heavy atom. The molecule has 0 aliphatic carbocycles. The lowest BCUT2D eigenvalue weighted by atomic mass is 9.97. The molecule has 3 N–H and O–H groups in total. The Balaban J connectivity index is 4.03. The van der Waals surface area contributed by atoms with Gasteiger partial charge < -0.3 is 20.6 Å². The fourth-order valence-electron chi connectivity index (χ4n) is 4.01. The highest BCUT2D eigenvalue weighted by Gasteiger charge is 2.28. The van der Waals surface area contributed by atoms with Crippen LogP contribution < -0.4 is 10.6 Å². The second kappa shape index (κ2) is 20.3. The van der Waals surface area contributed by atoms with Crippen molar-refractivity contribution in [2.24, 2.45) is 5.92 Å². The van der Waals surface area contributed by atoms with Gasteiger partial charge in [-0.05, 0) is 12.8 Å². The quantitative estimate of drug-likeness (QED) is 0.201. The first kappa shape index (κ1) is 31.9. The molecule has 8 nitrogen and oxygen atoms in total. The molecule has 0 aromatic rings. The molecule has 0 unspecified atom stereocenters. The number of unbranched alkanes of at least 4 members (excludes halogenated alkanes) is 11. The number of carboxylic acid groups (broad SMARTS) is 1. The molecule has 0 bridgehead atoms. The molecule has 0 fully saturated rings. The molecule has 0 aliphatic heterocycles. The summed E-state index contributed by atoms with van der Waals surface area (Å²) in [6.45, 7) is 5.75. The largest absolute Gasteiger partial charge is 0.480 e. The molecule has 0 saturated heterocycles. The normalized spacial score (nSPS) is 12.6. The molecule has 0 aliphatic rings. The van der Waals surface area contributed by atoms with Gasteiger partial charge in [-0.1, -0.05) is 91.4 Å². The number of rotatable bonds is 21. The van der Waals surface area contributed by atoms with Crippen molar-refractivity contribution in [2.45, 2.75) is 117 Å². The Morgan fingerprint density at radius 3 is 1.76 bits per heavy atom. The number of nitrogens with zero attached hydrogens (tertiary/aromatic N) is 1. The van der Waals surface area contributed by atoms with Crippen LogP contribution in [-0.4, -0.2) is 59.9 Å². The van der Waals surface area contributed by atoms with Gasteiger partial charge in [0.1, 0.15) is 6.54 Å². The second-order valence-corrected chi connectivity index (χ2v) is 9.34. The average molecular weight is 484 g/mol. The average Bonchev–Trinajstić information content (AvgIpc) is 2.80. The van der Waals surface area contributed by atoms with E-state index in [0.717, 1.165) is 12.8 Å². The minimum Gasteiger partial charge on any atom is -0.480 e. The predicted octanol–water partition coefficient (Wildman–Crippen LogP) is 4.90. The first-order valence-electron chi connectivity index (χ1n) is 13.3. The van der Waals surface area contributed by atoms with Gasteiger partial charge in [0, 0.05) is 25.9 Å². The van der Waals surface area contributed by atoms with Crippen molar-refractivity contribution in [1.29, 1.82) is 0 Å². The Morgan fingerprint density at radius 2 is 1.29 bits per heavy atom. The van der Waals surface area contributed by atoms with Crippen molar-refractivity contribution in [3.63, 3.8) is 0 Å². The number of Topliss-reactive ketones (excluding diaryl/α,β-unsaturated/α-hetero) is 1. The maximum atomic E-state index is 12.6. The van der Waals surface area contributed by atoms with E-state index in [1.54, 1.807) is 14.0 Å². The number of nitrogens with one attached hydrogen (secondary N) is 2. The molecule has 0 rings (SSSR count). The van der Waals surface area contributed by atoms with E-state index in [-0.39, 0.29) is 18.2 Å². The number of carbonyl (C=O) groups excluding carboxylic acids is 3. The standard InChI is InChI=1S/C26H49N3O5/c1-5-7-8-9-10-11-12-13-14-15-16-17-18-27-26(34)29(4)22(6-2)23(30)19-21(3)25(33)28-20-24(31)32/h21-22H,5-20H2,1-4H3,(H,27,34)(H,28,33)(H,31,32)/t21-,22+/m0/s1. The first-order chi connectivity index (χ1) is 16.2. The Kier molecular flexibility index (Phi) is 19.0. The summed E-state index contributed by atoms with van der Waals surface area (Å²) in [5.74, 6) is -2.48. The van der Waals surface area contributed by atoms with Crippen molar-refractivity contribution in [3.8, 4) is 0 Å². The molecule has 0 heterocycles. The van der Waals surface area contributed by atoms with Gasteiger partial charge >= 0.3 is 12.0 Å². The van der Waals surface area contributed by atoms with Crippen molar-refractivity contribution in [2.75, 3.05) is 20.1 Å². The van der Waals surface area contributed by atoms with Crippen LogP contribution in [0.3, 0.4) is 0 Å². The number of likely N-dealkylation sites (N-methyl/N-ethyl adjacent to an activating group) is 1. The van der Waals surface area contributed by atoms with Crippen LogP contribution >= 0.6 is 0 Å². The summed E-state index contributed by atoms with van der Waals surface area (Å²) in [5, 5.41) is 13.8. The number of carbonyl (C=O) groups is 4. The zero-order valence-corrected chi connectivity index (χ0v) is 22.0. The summed E-state index contributed by atoms with van der Waals surface area (Å²) < 4.78 is 0. The lowest BCUT2D eigenvalue weighted by Gasteiger charge is -2.27. The molecule has 0 radical (unpaired) electrons. The van der Waals surface area contributed by atoms with E-state index >= 15 is 0 Å². The lowest BCUT2D eigenvalue weighted by molar-refractivity contribution is -0.138. The number of ketones is 1. The summed E-state index contributed by atoms with van der Waals surface area (Å²) in [5.41, 5.74) is 0. The monoisotopic (exact) mass is 483 g/mol. The van der Waals surface area contributed by atoms with Crippen molar-refractivity contribution in [3.05, 3.63) is 0 Å². The number of urea groups is 1. The maximum Gasteiger partial charge on any atom is 0.322 e. The maximum absolute atomic E-state index is 12.6. The van der Waals surface area contributed by atoms with Crippen LogP contribution in [0.4, 0.5) is 4.79 Å². The van der Waals surface area contributed by atoms with Crippen molar-refractivity contribution >= 4 is 23.7 Å². The van der Waals surface area contributed by atoms with Gasteiger partial charge in [0.2, 0.25) is 5.91 Å². The minimum absolute atomic E-state index is 0.0414. The summed E-state index contributed by atoms with van der Waals surface area (Å²) in [4.78, 5) is 49.0. The number of hydrogen-bond donors (Lipinski definition) is 3. The van der Waals surface area contributed by atoms with Gasteiger partial charge in [-0.15, -0.1) is 0 Å². The topological polar surface area (TPSA) is 116 Å². The van der Waals surface area contributed by atoms with Crippen molar-refractivity contribution < 1.29 is 24.3 Å². The third kappa shape index (κ3) is 15.7. The van der Waals surface area contributed by atoms with Gasteiger partial charge in [-0.3, -0.25) is 14.4 Å². The number of hydrogen-bond acceptors (Lipinski definition) is 4. The van der Waals surface area contributed by atoms with Crippen LogP contribution in [0.5, 0.6) is 0 Å². The van der Waals surface area contributed by atoms with Gasteiger partial charge in [0.25, 0.3) is 0 Å². The molecule has 3 amide bonds. The highest BCUT2D eigenvalue weighted by molar-refractivity contribution is 5.92. The SMILES string of the molecule is CCCCCCCCCCCCCCNC(=O)N(C)[C@H](CC)C(=O)C[C@H](C)C(=O)NCC(=O)O. The van der Waals surface area contributed by atoms with Crippen molar-refractivity contribution in [1.82, 2.24) is 15.5 Å². The van der Waals surface area contributed by atoms with E-state index < -0.39 is 30.4 Å². The molecule has 198 valence electrons. The van der Waals surface area contributed by atoms with Gasteiger partial charge in [0.05, 0.1) is 6.04 Å². The summed E-state index contributed by atoms with van der Waals surface area (Å²) in [7, 11) is 1.60. The smallest absolute Gasteiger partial charge is 0.322 e. The third-order valence-electron chi connectivity index (χ3n) is 6.22. The van der Waals surface area contributed by atoms with Crippen LogP contribution in [0.15, 0.2) is 0 Å². The zero-order chi connectivity index (χ0) is 25.8. The summed E-state index contributed by atoms with van der Waals surface area (Å²) in [6.07, 6.45) is 15.5. The Hall–Kier alpha value is -2.12. The van der Waals surface area contributed by atoms with E-state index in [9.17, 15) is 19.2 Å². The molecule has 0 aromatic heterocycles. The molecule has 0 aromatic carbocycles. The van der Waals surface area contributed by atoms with E-state index in [4.69, 9.17) is 5.11 Å². The van der Waals surface area contributed by atoms with Gasteiger partial charge in [-0.25, -0.2) is 4.79 Å². The minimum atomic E-state index is -1.14. The third-order valence-corrected chi connectivity index (χ3v) is 6.22. The fourth-order valence-corrected chi connectivity index (χ4v) is 4.01. The van der Waals surface area contributed by atoms with Crippen LogP contribution in [-0.2, 0) is 14.4 Å². The molecule has 8 heteroatoms. The van der Waals surface area contributed by atoms with Crippen LogP contribution in [0.1, 0.15) is 111 Å². The summed E-state index contributed by atoms with van der Waals surface area (Å²) in [6, 6.07) is -0.900. The highest BCUT2D eigenvalue weighted by atomic mass is 16.4. The Labute approximate surface area is 206 Å². The van der Waals surface area contributed by atoms with Crippen LogP contribution in [0, 0.1) is 5.92 Å². The number of amides is 3. The Bertz CT molecular complexity index is 597. The molecular formula is C26H49N3O5. The molecular weight excluding hydrogens is 434 g/mol. The van der Waals surface area contributed by atoms with E-state index in [2.05, 4.69) is 17.6 Å². The molecule has 2 atom stereocenters. The van der Waals surface area contributed by atoms with E-state index in [0.29, 0.717) is 13.0 Å². The number of aliphatic carboxylic acids is 1. The van der Waals surface area contributed by atoms with Gasteiger partial charge in [-0.2, -0.15) is 0 Å². The van der Waals surface area contributed by atoms with E-state index in [1.165, 1.54) is 69.1 Å². The highest BCUT2D eigenvalue weighted by Crippen LogP contribution is 2.13. The lowest BCUT2D eigenvalue weighted by Crippen LogP contribution is -2.48. The van der Waals surface area contributed by atoms with Crippen LogP contribution in [0.2, 0.25) is 0 Å². The second-order valence-electron chi connectivity index (χ2n) is 9.34. The summed E-state index contributed by atoms with van der Waals surface area (Å²) >= 11 is 0. The van der Waals surface area contributed by atoms with Crippen LogP contribution in [0.25, 0.3) is 0 Å². The molecule has 0 saturated carbocycles. The fraction of sp³-hybridized carbons (Fsp3) is 0.846. The zero-order valence-electron chi connectivity index (χ0n) is 22.0. The first-order valence-corrected chi connectivity index (χ1v) is 13.3. The molecule has 34 heavy (non-hydrogen) atoms.